The van der Waals surface area contributed by atoms with Crippen molar-refractivity contribution in [2.45, 2.75) is 17.8 Å². The van der Waals surface area contributed by atoms with E-state index in [-0.39, 0.29) is 5.41 Å². The third kappa shape index (κ3) is 5.71. The lowest BCUT2D eigenvalue weighted by Gasteiger charge is -2.34. The molecule has 2 aliphatic carbocycles. The molecule has 0 saturated carbocycles. The Morgan fingerprint density at radius 2 is 0.719 bits per heavy atom. The van der Waals surface area contributed by atoms with Crippen LogP contribution in [0.25, 0.3) is 44.5 Å². The molecule has 0 aromatic heterocycles. The smallest absolute Gasteiger partial charge is 0.0713 e. The number of benzene rings is 10. The fraction of sp³-hybridized carbons (Fsp3) is 0.0476. The summed E-state index contributed by atoms with van der Waals surface area (Å²) in [6.45, 7) is 2.40. The van der Waals surface area contributed by atoms with E-state index in [1.54, 1.807) is 0 Å². The van der Waals surface area contributed by atoms with Crippen LogP contribution in [0.15, 0.2) is 255 Å². The second kappa shape index (κ2) is 15.1. The Bertz CT molecular complexity index is 3280. The highest BCUT2D eigenvalue weighted by Gasteiger charge is 2.46. The molecule has 1 heteroatoms. The zero-order valence-electron chi connectivity index (χ0n) is 35.7. The van der Waals surface area contributed by atoms with Crippen LogP contribution in [0.4, 0.5) is 17.1 Å². The lowest BCUT2D eigenvalue weighted by atomic mass is 9.67. The Morgan fingerprint density at radius 3 is 1.38 bits per heavy atom. The molecule has 0 bridgehead atoms. The van der Waals surface area contributed by atoms with Crippen LogP contribution in [0.3, 0.4) is 0 Å². The van der Waals surface area contributed by atoms with E-state index in [0.717, 1.165) is 22.6 Å². The molecule has 64 heavy (non-hydrogen) atoms. The van der Waals surface area contributed by atoms with Crippen molar-refractivity contribution in [1.29, 1.82) is 0 Å². The van der Waals surface area contributed by atoms with E-state index >= 15 is 0 Å². The predicted octanol–water partition coefficient (Wildman–Crippen LogP) is 16.2. The maximum absolute atomic E-state index is 2.48. The normalized spacial score (nSPS) is 15.1. The van der Waals surface area contributed by atoms with Crippen molar-refractivity contribution in [3.63, 3.8) is 0 Å². The van der Waals surface area contributed by atoms with Crippen molar-refractivity contribution in [3.8, 4) is 44.5 Å². The molecule has 0 aliphatic heterocycles. The Kier molecular flexibility index (Phi) is 8.91. The third-order valence-corrected chi connectivity index (χ3v) is 14.1. The SMILES string of the molecule is CC1(c2ccccc2)c2ccccc2-c2ccc(N(c3ccc(-c4ccccc4)cc3)c3ccccc3-c3ccc4c(c3)C(c3ccccc3)(c3ccccc3)c3ccccc3-4)cc21. The fourth-order valence-electron chi connectivity index (χ4n) is 11.1. The zero-order chi connectivity index (χ0) is 42.7. The van der Waals surface area contributed by atoms with Gasteiger partial charge in [0.25, 0.3) is 0 Å². The Morgan fingerprint density at radius 1 is 0.281 bits per heavy atom. The van der Waals surface area contributed by atoms with Crippen LogP contribution in [-0.2, 0) is 10.8 Å². The van der Waals surface area contributed by atoms with Crippen LogP contribution >= 0.6 is 0 Å². The van der Waals surface area contributed by atoms with Crippen molar-refractivity contribution in [2.75, 3.05) is 4.90 Å². The predicted molar refractivity (Wildman–Crippen MR) is 267 cm³/mol. The lowest BCUT2D eigenvalue weighted by Crippen LogP contribution is -2.28. The minimum absolute atomic E-state index is 0.335. The molecule has 12 rings (SSSR count). The van der Waals surface area contributed by atoms with Crippen molar-refractivity contribution in [1.82, 2.24) is 0 Å². The average Bonchev–Trinajstić information content (AvgIpc) is 3.82. The maximum Gasteiger partial charge on any atom is 0.0713 e. The Hall–Kier alpha value is -8.00. The molecule has 302 valence electrons. The number of rotatable bonds is 8. The second-order valence-corrected chi connectivity index (χ2v) is 17.3. The molecule has 1 unspecified atom stereocenters. The van der Waals surface area contributed by atoms with Gasteiger partial charge in [0.15, 0.2) is 0 Å². The van der Waals surface area contributed by atoms with Crippen LogP contribution in [0.1, 0.15) is 45.9 Å². The first kappa shape index (κ1) is 37.7. The van der Waals surface area contributed by atoms with Crippen LogP contribution in [0.5, 0.6) is 0 Å². The summed E-state index contributed by atoms with van der Waals surface area (Å²) in [6, 6.07) is 94.2. The second-order valence-electron chi connectivity index (χ2n) is 17.3. The van der Waals surface area contributed by atoms with Gasteiger partial charge in [-0.3, -0.25) is 0 Å². The van der Waals surface area contributed by atoms with Crippen LogP contribution in [-0.4, -0.2) is 0 Å². The molecular formula is C63H45N. The van der Waals surface area contributed by atoms with E-state index in [1.807, 2.05) is 0 Å². The minimum Gasteiger partial charge on any atom is -0.310 e. The summed E-state index contributed by atoms with van der Waals surface area (Å²) in [4.78, 5) is 2.47. The number of fused-ring (bicyclic) bond motifs is 6. The van der Waals surface area contributed by atoms with Gasteiger partial charge in [-0.15, -0.1) is 0 Å². The summed E-state index contributed by atoms with van der Waals surface area (Å²) in [5.41, 5.74) is 21.5. The summed E-state index contributed by atoms with van der Waals surface area (Å²) in [5.74, 6) is 0. The molecule has 0 saturated heterocycles. The molecule has 0 spiro atoms. The highest BCUT2D eigenvalue weighted by atomic mass is 15.1. The number of hydrogen-bond acceptors (Lipinski definition) is 1. The summed E-state index contributed by atoms with van der Waals surface area (Å²) in [6.07, 6.45) is 0. The molecule has 1 atom stereocenters. The van der Waals surface area contributed by atoms with E-state index in [4.69, 9.17) is 0 Å². The first-order chi connectivity index (χ1) is 31.6. The topological polar surface area (TPSA) is 3.24 Å². The molecule has 0 radical (unpaired) electrons. The van der Waals surface area contributed by atoms with Gasteiger partial charge < -0.3 is 4.90 Å². The van der Waals surface area contributed by atoms with Gasteiger partial charge in [-0.05, 0) is 121 Å². The molecular weight excluding hydrogens is 771 g/mol. The fourth-order valence-corrected chi connectivity index (χ4v) is 11.1. The maximum atomic E-state index is 2.48. The Balaban J connectivity index is 1.08. The molecule has 0 N–H and O–H groups in total. The van der Waals surface area contributed by atoms with E-state index in [2.05, 4.69) is 267 Å². The van der Waals surface area contributed by atoms with Crippen molar-refractivity contribution in [2.24, 2.45) is 0 Å². The van der Waals surface area contributed by atoms with Crippen LogP contribution in [0, 0.1) is 0 Å². The van der Waals surface area contributed by atoms with Crippen molar-refractivity contribution >= 4 is 17.1 Å². The molecule has 10 aromatic rings. The van der Waals surface area contributed by atoms with E-state index < -0.39 is 5.41 Å². The summed E-state index contributed by atoms with van der Waals surface area (Å²) in [7, 11) is 0. The first-order valence-corrected chi connectivity index (χ1v) is 22.3. The molecule has 0 fully saturated rings. The molecule has 10 aromatic carbocycles. The van der Waals surface area contributed by atoms with Gasteiger partial charge in [0, 0.05) is 22.4 Å². The lowest BCUT2D eigenvalue weighted by molar-refractivity contribution is 0.714. The number of hydrogen-bond donors (Lipinski definition) is 0. The minimum atomic E-state index is -0.497. The van der Waals surface area contributed by atoms with E-state index in [0.29, 0.717) is 0 Å². The largest absolute Gasteiger partial charge is 0.310 e. The number of nitrogens with zero attached hydrogens (tertiary/aromatic N) is 1. The standard InChI is InChI=1S/C63H45N/c1-62(47-22-8-3-9-23-47)57-31-17-14-29-53(57)55-41-39-51(43-59(55)62)64(50-37-34-45(35-38-50)44-20-6-2-7-21-44)61-33-19-16-28-52(61)46-36-40-56-54-30-15-18-32-58(54)63(60(56)42-46,48-24-10-4-11-25-48)49-26-12-5-13-27-49/h2-43H,1H3. The molecule has 0 heterocycles. The van der Waals surface area contributed by atoms with E-state index in [1.165, 1.54) is 77.9 Å². The molecule has 1 nitrogen and oxygen atoms in total. The Labute approximate surface area is 376 Å². The highest BCUT2D eigenvalue weighted by molar-refractivity contribution is 5.94. The zero-order valence-corrected chi connectivity index (χ0v) is 35.7. The van der Waals surface area contributed by atoms with Crippen LogP contribution in [0.2, 0.25) is 0 Å². The third-order valence-electron chi connectivity index (χ3n) is 14.1. The number of para-hydroxylation sites is 1. The van der Waals surface area contributed by atoms with Gasteiger partial charge >= 0.3 is 0 Å². The average molecular weight is 816 g/mol. The van der Waals surface area contributed by atoms with Crippen molar-refractivity contribution < 1.29 is 0 Å². The number of anilines is 3. The summed E-state index contributed by atoms with van der Waals surface area (Å²) in [5, 5.41) is 0. The molecule has 0 amide bonds. The van der Waals surface area contributed by atoms with Gasteiger partial charge in [-0.2, -0.15) is 0 Å². The van der Waals surface area contributed by atoms with Gasteiger partial charge in [-0.25, -0.2) is 0 Å². The first-order valence-electron chi connectivity index (χ1n) is 22.3. The van der Waals surface area contributed by atoms with Gasteiger partial charge in [0.05, 0.1) is 11.1 Å². The van der Waals surface area contributed by atoms with Gasteiger partial charge in [0.1, 0.15) is 0 Å². The van der Waals surface area contributed by atoms with Crippen LogP contribution < -0.4 is 4.90 Å². The van der Waals surface area contributed by atoms with Gasteiger partial charge in [0.2, 0.25) is 0 Å². The summed E-state index contributed by atoms with van der Waals surface area (Å²) >= 11 is 0. The van der Waals surface area contributed by atoms with Crippen molar-refractivity contribution in [3.05, 3.63) is 294 Å². The summed E-state index contributed by atoms with van der Waals surface area (Å²) < 4.78 is 0. The monoisotopic (exact) mass is 815 g/mol. The highest BCUT2D eigenvalue weighted by Crippen LogP contribution is 2.58. The van der Waals surface area contributed by atoms with Gasteiger partial charge in [-0.1, -0.05) is 218 Å². The van der Waals surface area contributed by atoms with E-state index in [9.17, 15) is 0 Å². The molecule has 2 aliphatic rings. The quantitative estimate of drug-likeness (QED) is 0.148.